The molecule has 186 valence electrons. The Hall–Kier alpha value is -1.73. The fourth-order valence-corrected chi connectivity index (χ4v) is 1.59. The Morgan fingerprint density at radius 3 is 0.871 bits per heavy atom. The zero-order valence-electron chi connectivity index (χ0n) is 13.0. The van der Waals surface area contributed by atoms with Crippen molar-refractivity contribution in [2.45, 2.75) is 53.8 Å². The molecule has 0 heterocycles. The highest BCUT2D eigenvalue weighted by atomic mass is 19.4. The highest BCUT2D eigenvalue weighted by molar-refractivity contribution is 5.94. The summed E-state index contributed by atoms with van der Waals surface area (Å²) in [6.45, 7) is 0. The van der Waals surface area contributed by atoms with Crippen molar-refractivity contribution in [3.63, 3.8) is 0 Å². The Morgan fingerprint density at radius 1 is 0.355 bits per heavy atom. The smallest absolute Gasteiger partial charge is 0.286 e. The molecule has 1 nitrogen and oxygen atoms in total. The number of alkyl halides is 20. The molecule has 0 radical (unpaired) electrons. The van der Waals surface area contributed by atoms with Crippen LogP contribution < -0.4 is 0 Å². The zero-order chi connectivity index (χ0) is 26.1. The average molecular weight is 516 g/mol. The first kappa shape index (κ1) is 29.3. The van der Waals surface area contributed by atoms with Gasteiger partial charge in [0.1, 0.15) is 0 Å². The SMILES string of the molecule is O=C(C(F)(F)C(F)(F)C(F)(F)C(F)(F)C(F)(F)F)C(F)(F)C(F)(C(F)(F)F)C(F)(F)F. The van der Waals surface area contributed by atoms with Crippen LogP contribution in [-0.2, 0) is 4.79 Å². The summed E-state index contributed by atoms with van der Waals surface area (Å²) in [4.78, 5) is 10.6. The lowest BCUT2D eigenvalue weighted by Gasteiger charge is -2.40. The molecular formula is C10F20O. The third-order valence-corrected chi connectivity index (χ3v) is 3.32. The van der Waals surface area contributed by atoms with Crippen LogP contribution in [0.4, 0.5) is 87.8 Å². The molecule has 0 saturated carbocycles. The molecule has 31 heavy (non-hydrogen) atoms. The van der Waals surface area contributed by atoms with E-state index in [2.05, 4.69) is 0 Å². The Kier molecular flexibility index (Phi) is 6.50. The number of halogens is 20. The summed E-state index contributed by atoms with van der Waals surface area (Å²) in [7, 11) is 0. The summed E-state index contributed by atoms with van der Waals surface area (Å²) in [6, 6.07) is 0. The van der Waals surface area contributed by atoms with Crippen molar-refractivity contribution in [1.29, 1.82) is 0 Å². The number of ketones is 1. The normalized spacial score (nSPS) is 16.5. The Labute approximate surface area is 153 Å². The van der Waals surface area contributed by atoms with E-state index in [1.165, 1.54) is 0 Å². The van der Waals surface area contributed by atoms with Gasteiger partial charge in [0, 0.05) is 0 Å². The van der Waals surface area contributed by atoms with E-state index < -0.39 is 59.6 Å². The minimum absolute atomic E-state index is 6.03. The molecule has 0 rings (SSSR count). The van der Waals surface area contributed by atoms with Gasteiger partial charge >= 0.3 is 53.8 Å². The van der Waals surface area contributed by atoms with Gasteiger partial charge in [0.05, 0.1) is 0 Å². The number of hydrogen-bond donors (Lipinski definition) is 0. The number of hydrogen-bond acceptors (Lipinski definition) is 1. The summed E-state index contributed by atoms with van der Waals surface area (Å²) in [5.41, 5.74) is -8.49. The molecule has 0 unspecified atom stereocenters. The summed E-state index contributed by atoms with van der Waals surface area (Å²) in [5.74, 6) is -48.8. The van der Waals surface area contributed by atoms with Crippen LogP contribution in [0.15, 0.2) is 0 Å². The van der Waals surface area contributed by atoms with Gasteiger partial charge in [0.25, 0.3) is 5.78 Å². The molecule has 0 saturated heterocycles. The van der Waals surface area contributed by atoms with Crippen molar-refractivity contribution in [2.75, 3.05) is 0 Å². The second-order valence-corrected chi connectivity index (χ2v) is 5.35. The van der Waals surface area contributed by atoms with Gasteiger partial charge in [0.15, 0.2) is 0 Å². The van der Waals surface area contributed by atoms with E-state index in [1.54, 1.807) is 0 Å². The van der Waals surface area contributed by atoms with Crippen molar-refractivity contribution >= 4 is 5.78 Å². The molecule has 0 amide bonds. The maximum absolute atomic E-state index is 13.2. The van der Waals surface area contributed by atoms with Gasteiger partial charge in [-0.25, -0.2) is 4.39 Å². The van der Waals surface area contributed by atoms with E-state index in [0.29, 0.717) is 0 Å². The van der Waals surface area contributed by atoms with E-state index in [1.807, 2.05) is 0 Å². The highest BCUT2D eigenvalue weighted by Gasteiger charge is 2.93. The number of Topliss-reactive ketones (excluding diaryl/α,β-unsaturated/α-hetero) is 1. The van der Waals surface area contributed by atoms with Gasteiger partial charge in [-0.2, -0.15) is 83.4 Å². The van der Waals surface area contributed by atoms with Crippen molar-refractivity contribution in [3.8, 4) is 0 Å². The van der Waals surface area contributed by atoms with Gasteiger partial charge in [-0.1, -0.05) is 0 Å². The molecule has 0 fully saturated rings. The average Bonchev–Trinajstić information content (AvgIpc) is 2.48. The van der Waals surface area contributed by atoms with Crippen molar-refractivity contribution in [2.24, 2.45) is 0 Å². The Balaban J connectivity index is 6.93. The predicted molar refractivity (Wildman–Crippen MR) is 51.7 cm³/mol. The summed E-state index contributed by atoms with van der Waals surface area (Å²) in [6.07, 6.45) is -24.2. The monoisotopic (exact) mass is 516 g/mol. The van der Waals surface area contributed by atoms with Gasteiger partial charge in [-0.3, -0.25) is 4.79 Å². The Bertz CT molecular complexity index is 674. The first-order valence-electron chi connectivity index (χ1n) is 6.23. The molecule has 0 aromatic carbocycles. The third-order valence-electron chi connectivity index (χ3n) is 3.32. The third kappa shape index (κ3) is 3.63. The van der Waals surface area contributed by atoms with E-state index >= 15 is 0 Å². The summed E-state index contributed by atoms with van der Waals surface area (Å²) >= 11 is 0. The Morgan fingerprint density at radius 2 is 0.645 bits per heavy atom. The molecular weight excluding hydrogens is 516 g/mol. The maximum Gasteiger partial charge on any atom is 0.460 e. The van der Waals surface area contributed by atoms with Crippen LogP contribution in [0.2, 0.25) is 0 Å². The quantitative estimate of drug-likeness (QED) is 0.389. The molecule has 0 aromatic heterocycles. The van der Waals surface area contributed by atoms with E-state index in [9.17, 15) is 92.6 Å². The summed E-state index contributed by atoms with van der Waals surface area (Å²) in [5, 5.41) is 0. The van der Waals surface area contributed by atoms with Crippen molar-refractivity contribution < 1.29 is 92.6 Å². The minimum atomic E-state index is -8.74. The molecule has 0 aliphatic heterocycles. The van der Waals surface area contributed by atoms with E-state index in [0.717, 1.165) is 0 Å². The summed E-state index contributed by atoms with van der Waals surface area (Å²) < 4.78 is 251. The second kappa shape index (κ2) is 6.88. The molecule has 0 atom stereocenters. The molecule has 0 bridgehead atoms. The van der Waals surface area contributed by atoms with Gasteiger partial charge in [-0.05, 0) is 0 Å². The predicted octanol–water partition coefficient (Wildman–Crippen LogP) is 6.13. The zero-order valence-corrected chi connectivity index (χ0v) is 13.0. The minimum Gasteiger partial charge on any atom is -0.286 e. The van der Waals surface area contributed by atoms with Crippen LogP contribution in [0.5, 0.6) is 0 Å². The van der Waals surface area contributed by atoms with Crippen LogP contribution in [-0.4, -0.2) is 59.6 Å². The van der Waals surface area contributed by atoms with Crippen LogP contribution in [0.25, 0.3) is 0 Å². The molecule has 0 N–H and O–H groups in total. The van der Waals surface area contributed by atoms with Gasteiger partial charge in [-0.15, -0.1) is 0 Å². The first-order chi connectivity index (χ1) is 12.9. The topological polar surface area (TPSA) is 17.1 Å². The lowest BCUT2D eigenvalue weighted by Crippen LogP contribution is -2.74. The largest absolute Gasteiger partial charge is 0.460 e. The standard InChI is InChI=1S/C10F20O/c11-2(12,4(15,8(22,23)24)9(25,26)27)1(31)3(13,14)5(16,17)6(18,19)7(20,21)10(28,29)30. The highest BCUT2D eigenvalue weighted by Crippen LogP contribution is 2.61. The van der Waals surface area contributed by atoms with E-state index in [-0.39, 0.29) is 0 Å². The lowest BCUT2D eigenvalue weighted by atomic mass is 9.85. The first-order valence-corrected chi connectivity index (χ1v) is 6.23. The van der Waals surface area contributed by atoms with Crippen molar-refractivity contribution in [3.05, 3.63) is 0 Å². The molecule has 21 heteroatoms. The van der Waals surface area contributed by atoms with E-state index in [4.69, 9.17) is 0 Å². The fourth-order valence-electron chi connectivity index (χ4n) is 1.59. The number of carbonyl (C=O) groups is 1. The fraction of sp³-hybridized carbons (Fsp3) is 0.900. The van der Waals surface area contributed by atoms with Crippen LogP contribution in [0, 0.1) is 0 Å². The van der Waals surface area contributed by atoms with Crippen molar-refractivity contribution in [1.82, 2.24) is 0 Å². The van der Waals surface area contributed by atoms with Gasteiger partial charge < -0.3 is 0 Å². The van der Waals surface area contributed by atoms with Gasteiger partial charge in [0.2, 0.25) is 0 Å². The van der Waals surface area contributed by atoms with Crippen LogP contribution in [0.3, 0.4) is 0 Å². The van der Waals surface area contributed by atoms with Crippen LogP contribution >= 0.6 is 0 Å². The van der Waals surface area contributed by atoms with Crippen LogP contribution in [0.1, 0.15) is 0 Å². The molecule has 0 aliphatic carbocycles. The second-order valence-electron chi connectivity index (χ2n) is 5.35. The number of carbonyl (C=O) groups excluding carboxylic acids is 1. The maximum atomic E-state index is 13.2. The molecule has 0 spiro atoms. The molecule has 0 aromatic rings. The molecule has 0 aliphatic rings. The number of rotatable bonds is 6. The lowest BCUT2D eigenvalue weighted by molar-refractivity contribution is -0.421.